The molecule has 1 heterocycles. The molecule has 1 N–H and O–H groups in total. The van der Waals surface area contributed by atoms with E-state index in [4.69, 9.17) is 16.0 Å². The summed E-state index contributed by atoms with van der Waals surface area (Å²) >= 11 is 6.14. The highest BCUT2D eigenvalue weighted by Gasteiger charge is 2.22. The first-order chi connectivity index (χ1) is 9.13. The number of nitrogens with one attached hydrogen (secondary N) is 1. The van der Waals surface area contributed by atoms with Crippen molar-refractivity contribution in [3.63, 3.8) is 0 Å². The summed E-state index contributed by atoms with van der Waals surface area (Å²) in [4.78, 5) is 0. The molecule has 0 aliphatic carbocycles. The van der Waals surface area contributed by atoms with E-state index < -0.39 is 0 Å². The van der Waals surface area contributed by atoms with Crippen LogP contribution in [0.4, 0.5) is 4.39 Å². The molecule has 1 aromatic carbocycles. The van der Waals surface area contributed by atoms with E-state index in [1.807, 2.05) is 19.1 Å². The Hall–Kier alpha value is -1.32. The van der Waals surface area contributed by atoms with E-state index in [2.05, 4.69) is 12.2 Å². The van der Waals surface area contributed by atoms with Gasteiger partial charge in [-0.05, 0) is 44.2 Å². The van der Waals surface area contributed by atoms with Gasteiger partial charge in [-0.25, -0.2) is 4.39 Å². The molecule has 2 nitrogen and oxygen atoms in total. The van der Waals surface area contributed by atoms with Gasteiger partial charge in [0.05, 0.1) is 6.04 Å². The monoisotopic (exact) mass is 281 g/mol. The second kappa shape index (κ2) is 6.22. The molecule has 0 aliphatic rings. The molecule has 1 atom stereocenters. The van der Waals surface area contributed by atoms with E-state index >= 15 is 0 Å². The van der Waals surface area contributed by atoms with Gasteiger partial charge in [-0.1, -0.05) is 24.6 Å². The number of benzene rings is 1. The summed E-state index contributed by atoms with van der Waals surface area (Å²) in [6, 6.07) is 8.07. The summed E-state index contributed by atoms with van der Waals surface area (Å²) in [5, 5.41) is 3.68. The Labute approximate surface area is 117 Å². The van der Waals surface area contributed by atoms with Crippen molar-refractivity contribution in [1.82, 2.24) is 5.32 Å². The number of aryl methyl sites for hydroxylation is 1. The average Bonchev–Trinajstić information content (AvgIpc) is 2.79. The van der Waals surface area contributed by atoms with Gasteiger partial charge >= 0.3 is 0 Å². The van der Waals surface area contributed by atoms with E-state index in [-0.39, 0.29) is 11.9 Å². The molecule has 0 amide bonds. The van der Waals surface area contributed by atoms with Crippen LogP contribution in [-0.2, 0) is 0 Å². The quantitative estimate of drug-likeness (QED) is 0.875. The fourth-order valence-corrected chi connectivity index (χ4v) is 2.30. The predicted molar refractivity (Wildman–Crippen MR) is 75.0 cm³/mol. The highest BCUT2D eigenvalue weighted by Crippen LogP contribution is 2.31. The summed E-state index contributed by atoms with van der Waals surface area (Å²) < 4.78 is 19.7. The number of halogens is 2. The van der Waals surface area contributed by atoms with Crippen LogP contribution >= 0.6 is 11.6 Å². The van der Waals surface area contributed by atoms with Crippen LogP contribution in [0.1, 0.15) is 36.5 Å². The second-order valence-electron chi connectivity index (χ2n) is 4.47. The molecule has 2 rings (SSSR count). The standard InChI is InChI=1S/C15H17ClFNO/c1-3-9-18-15(13-8-7-10(2)19-13)14-11(16)5-4-6-12(14)17/h4-8,15,18H,3,9H2,1-2H3. The first-order valence-corrected chi connectivity index (χ1v) is 6.75. The molecule has 2 aromatic rings. The van der Waals surface area contributed by atoms with Gasteiger partial charge in [0.15, 0.2) is 0 Å². The van der Waals surface area contributed by atoms with Crippen LogP contribution in [0.15, 0.2) is 34.7 Å². The third-order valence-corrected chi connectivity index (χ3v) is 3.26. The lowest BCUT2D eigenvalue weighted by Gasteiger charge is -2.18. The topological polar surface area (TPSA) is 25.2 Å². The normalized spacial score (nSPS) is 12.6. The minimum atomic E-state index is -0.359. The molecular formula is C15H17ClFNO. The van der Waals surface area contributed by atoms with Crippen molar-refractivity contribution in [2.45, 2.75) is 26.3 Å². The zero-order valence-electron chi connectivity index (χ0n) is 11.0. The highest BCUT2D eigenvalue weighted by molar-refractivity contribution is 6.31. The third kappa shape index (κ3) is 3.17. The number of furan rings is 1. The zero-order valence-corrected chi connectivity index (χ0v) is 11.8. The lowest BCUT2D eigenvalue weighted by Crippen LogP contribution is -2.24. The van der Waals surface area contributed by atoms with Gasteiger partial charge < -0.3 is 9.73 Å². The van der Waals surface area contributed by atoms with E-state index in [9.17, 15) is 4.39 Å². The molecule has 0 bridgehead atoms. The van der Waals surface area contributed by atoms with Crippen molar-refractivity contribution in [1.29, 1.82) is 0 Å². The number of hydrogen-bond donors (Lipinski definition) is 1. The van der Waals surface area contributed by atoms with Crippen LogP contribution in [-0.4, -0.2) is 6.54 Å². The van der Waals surface area contributed by atoms with E-state index in [0.717, 1.165) is 18.7 Å². The van der Waals surface area contributed by atoms with Crippen molar-refractivity contribution >= 4 is 11.6 Å². The van der Waals surface area contributed by atoms with Crippen LogP contribution in [0.3, 0.4) is 0 Å². The fraction of sp³-hybridized carbons (Fsp3) is 0.333. The van der Waals surface area contributed by atoms with Crippen LogP contribution in [0.2, 0.25) is 5.02 Å². The van der Waals surface area contributed by atoms with Crippen molar-refractivity contribution in [3.8, 4) is 0 Å². The van der Waals surface area contributed by atoms with E-state index in [0.29, 0.717) is 16.3 Å². The van der Waals surface area contributed by atoms with Gasteiger partial charge in [0.2, 0.25) is 0 Å². The third-order valence-electron chi connectivity index (χ3n) is 2.93. The highest BCUT2D eigenvalue weighted by atomic mass is 35.5. The maximum atomic E-state index is 14.1. The molecule has 0 radical (unpaired) electrons. The van der Waals surface area contributed by atoms with Crippen molar-refractivity contribution < 1.29 is 8.81 Å². The summed E-state index contributed by atoms with van der Waals surface area (Å²) in [7, 11) is 0. The summed E-state index contributed by atoms with van der Waals surface area (Å²) in [5.74, 6) is 1.15. The molecule has 0 fully saturated rings. The van der Waals surface area contributed by atoms with Gasteiger partial charge in [-0.3, -0.25) is 0 Å². The van der Waals surface area contributed by atoms with Gasteiger partial charge in [0, 0.05) is 10.6 Å². The number of rotatable bonds is 5. The zero-order chi connectivity index (χ0) is 13.8. The Morgan fingerprint density at radius 2 is 2.11 bits per heavy atom. The molecule has 102 valence electrons. The summed E-state index contributed by atoms with van der Waals surface area (Å²) in [6.45, 7) is 4.68. The van der Waals surface area contributed by atoms with Crippen LogP contribution in [0.5, 0.6) is 0 Å². The Kier molecular flexibility index (Phi) is 4.61. The largest absolute Gasteiger partial charge is 0.464 e. The van der Waals surface area contributed by atoms with Crippen LogP contribution in [0, 0.1) is 12.7 Å². The van der Waals surface area contributed by atoms with E-state index in [1.54, 1.807) is 12.1 Å². The lowest BCUT2D eigenvalue weighted by atomic mass is 10.0. The second-order valence-corrected chi connectivity index (χ2v) is 4.88. The number of hydrogen-bond acceptors (Lipinski definition) is 2. The first kappa shape index (κ1) is 14.1. The van der Waals surface area contributed by atoms with Crippen molar-refractivity contribution in [2.24, 2.45) is 0 Å². The molecule has 0 saturated heterocycles. The molecule has 19 heavy (non-hydrogen) atoms. The Balaban J connectivity index is 2.42. The fourth-order valence-electron chi connectivity index (χ4n) is 2.03. The molecular weight excluding hydrogens is 265 g/mol. The Bertz CT molecular complexity index is 533. The van der Waals surface area contributed by atoms with Gasteiger partial charge in [-0.15, -0.1) is 0 Å². The molecule has 0 saturated carbocycles. The molecule has 4 heteroatoms. The SMILES string of the molecule is CCCNC(c1ccc(C)o1)c1c(F)cccc1Cl. The maximum absolute atomic E-state index is 14.1. The molecule has 1 aromatic heterocycles. The molecule has 1 unspecified atom stereocenters. The average molecular weight is 282 g/mol. The van der Waals surface area contributed by atoms with Gasteiger partial charge in [-0.2, -0.15) is 0 Å². The lowest BCUT2D eigenvalue weighted by molar-refractivity contribution is 0.422. The molecule has 0 spiro atoms. The van der Waals surface area contributed by atoms with E-state index in [1.165, 1.54) is 6.07 Å². The molecule has 0 aliphatic heterocycles. The Morgan fingerprint density at radius 3 is 2.68 bits per heavy atom. The maximum Gasteiger partial charge on any atom is 0.129 e. The minimum Gasteiger partial charge on any atom is -0.464 e. The summed E-state index contributed by atoms with van der Waals surface area (Å²) in [6.07, 6.45) is 0.947. The van der Waals surface area contributed by atoms with Crippen LogP contribution < -0.4 is 5.32 Å². The first-order valence-electron chi connectivity index (χ1n) is 6.37. The predicted octanol–water partition coefficient (Wildman–Crippen LogP) is 4.47. The van der Waals surface area contributed by atoms with Crippen LogP contribution in [0.25, 0.3) is 0 Å². The Morgan fingerprint density at radius 1 is 1.32 bits per heavy atom. The van der Waals surface area contributed by atoms with Gasteiger partial charge in [0.1, 0.15) is 17.3 Å². The van der Waals surface area contributed by atoms with Crippen molar-refractivity contribution in [3.05, 3.63) is 58.3 Å². The van der Waals surface area contributed by atoms with Crippen molar-refractivity contribution in [2.75, 3.05) is 6.54 Å². The van der Waals surface area contributed by atoms with Gasteiger partial charge in [0.25, 0.3) is 0 Å². The smallest absolute Gasteiger partial charge is 0.129 e. The summed E-state index contributed by atoms with van der Waals surface area (Å²) in [5.41, 5.74) is 0.437. The minimum absolute atomic E-state index is 0.324.